The van der Waals surface area contributed by atoms with E-state index in [2.05, 4.69) is 21.2 Å². The number of amides is 3. The SMILES string of the molecule is CC(=O)N/N=C1\NC(=O)[C@H](CC(=O)Nc2ccc(F)cc2F)S1. The van der Waals surface area contributed by atoms with Gasteiger partial charge in [0.15, 0.2) is 5.17 Å². The van der Waals surface area contributed by atoms with Crippen molar-refractivity contribution in [3.05, 3.63) is 29.8 Å². The number of hydrogen-bond acceptors (Lipinski definition) is 5. The van der Waals surface area contributed by atoms with Crippen LogP contribution >= 0.6 is 11.8 Å². The van der Waals surface area contributed by atoms with E-state index in [1.54, 1.807) is 0 Å². The lowest BCUT2D eigenvalue weighted by atomic mass is 10.2. The third-order valence-corrected chi connectivity index (χ3v) is 3.75. The largest absolute Gasteiger partial charge is 0.324 e. The van der Waals surface area contributed by atoms with E-state index in [4.69, 9.17) is 0 Å². The van der Waals surface area contributed by atoms with Crippen LogP contribution in [0.5, 0.6) is 0 Å². The summed E-state index contributed by atoms with van der Waals surface area (Å²) in [5, 5.41) is 7.73. The molecule has 0 aromatic heterocycles. The average molecular weight is 342 g/mol. The monoisotopic (exact) mass is 342 g/mol. The number of nitrogens with one attached hydrogen (secondary N) is 3. The highest BCUT2D eigenvalue weighted by Gasteiger charge is 2.32. The number of carbonyl (C=O) groups is 3. The van der Waals surface area contributed by atoms with Crippen LogP contribution in [0.4, 0.5) is 14.5 Å². The first-order chi connectivity index (χ1) is 10.8. The number of amidine groups is 1. The van der Waals surface area contributed by atoms with Gasteiger partial charge in [0.25, 0.3) is 0 Å². The maximum atomic E-state index is 13.4. The Kier molecular flexibility index (Phi) is 5.27. The minimum atomic E-state index is -0.908. The number of halogens is 2. The van der Waals surface area contributed by atoms with Crippen LogP contribution in [0.3, 0.4) is 0 Å². The molecule has 7 nitrogen and oxygen atoms in total. The van der Waals surface area contributed by atoms with E-state index in [9.17, 15) is 23.2 Å². The minimum absolute atomic E-state index is 0.163. The van der Waals surface area contributed by atoms with Crippen molar-refractivity contribution in [3.8, 4) is 0 Å². The molecule has 1 heterocycles. The highest BCUT2D eigenvalue weighted by atomic mass is 32.2. The van der Waals surface area contributed by atoms with Gasteiger partial charge in [0.05, 0.1) is 5.69 Å². The van der Waals surface area contributed by atoms with Crippen LogP contribution in [0, 0.1) is 11.6 Å². The first kappa shape index (κ1) is 16.9. The molecule has 1 aliphatic heterocycles. The number of rotatable bonds is 4. The first-order valence-electron chi connectivity index (χ1n) is 6.42. The molecule has 3 amide bonds. The molecule has 1 aromatic carbocycles. The lowest BCUT2D eigenvalue weighted by Crippen LogP contribution is -2.29. The summed E-state index contributed by atoms with van der Waals surface area (Å²) in [6.07, 6.45) is -0.230. The fourth-order valence-corrected chi connectivity index (χ4v) is 2.61. The molecule has 0 spiro atoms. The summed E-state index contributed by atoms with van der Waals surface area (Å²) in [7, 11) is 0. The van der Waals surface area contributed by atoms with Gasteiger partial charge in [-0.2, -0.15) is 0 Å². The molecule has 3 N–H and O–H groups in total. The van der Waals surface area contributed by atoms with E-state index >= 15 is 0 Å². The van der Waals surface area contributed by atoms with Crippen molar-refractivity contribution in [2.24, 2.45) is 5.10 Å². The molecule has 0 saturated carbocycles. The summed E-state index contributed by atoms with van der Waals surface area (Å²) in [4.78, 5) is 34.3. The van der Waals surface area contributed by atoms with Crippen molar-refractivity contribution in [2.45, 2.75) is 18.6 Å². The molecule has 0 radical (unpaired) electrons. The third kappa shape index (κ3) is 4.74. The van der Waals surface area contributed by atoms with Crippen molar-refractivity contribution in [3.63, 3.8) is 0 Å². The van der Waals surface area contributed by atoms with Crippen LogP contribution in [0.2, 0.25) is 0 Å². The molecule has 0 unspecified atom stereocenters. The van der Waals surface area contributed by atoms with Crippen LogP contribution in [0.15, 0.2) is 23.3 Å². The van der Waals surface area contributed by atoms with Gasteiger partial charge in [-0.1, -0.05) is 11.8 Å². The predicted molar refractivity (Wildman–Crippen MR) is 80.4 cm³/mol. The molecular weight excluding hydrogens is 330 g/mol. The highest BCUT2D eigenvalue weighted by molar-refractivity contribution is 8.15. The summed E-state index contributed by atoms with van der Waals surface area (Å²) in [6.45, 7) is 1.26. The molecule has 23 heavy (non-hydrogen) atoms. The zero-order valence-electron chi connectivity index (χ0n) is 11.9. The molecule has 10 heteroatoms. The maximum Gasteiger partial charge on any atom is 0.240 e. The maximum absolute atomic E-state index is 13.4. The molecular formula is C13H12F2N4O3S. The van der Waals surface area contributed by atoms with E-state index in [0.29, 0.717) is 6.07 Å². The number of hydrogen-bond donors (Lipinski definition) is 3. The Labute approximate surface area is 133 Å². The molecule has 2 rings (SSSR count). The number of hydrazone groups is 1. The summed E-state index contributed by atoms with van der Waals surface area (Å²) in [5.41, 5.74) is 1.99. The van der Waals surface area contributed by atoms with Gasteiger partial charge < -0.3 is 10.6 Å². The van der Waals surface area contributed by atoms with E-state index in [-0.39, 0.29) is 17.3 Å². The molecule has 0 bridgehead atoms. The lowest BCUT2D eigenvalue weighted by molar-refractivity contribution is -0.122. The molecule has 1 saturated heterocycles. The second-order valence-electron chi connectivity index (χ2n) is 4.56. The van der Waals surface area contributed by atoms with Crippen LogP contribution in [0.25, 0.3) is 0 Å². The Morgan fingerprint density at radius 1 is 1.39 bits per heavy atom. The van der Waals surface area contributed by atoms with Gasteiger partial charge in [0.2, 0.25) is 17.7 Å². The first-order valence-corrected chi connectivity index (χ1v) is 7.30. The zero-order chi connectivity index (χ0) is 17.0. The van der Waals surface area contributed by atoms with Crippen LogP contribution < -0.4 is 16.1 Å². The van der Waals surface area contributed by atoms with Gasteiger partial charge in [-0.05, 0) is 12.1 Å². The van der Waals surface area contributed by atoms with E-state index in [0.717, 1.165) is 23.9 Å². The molecule has 1 fully saturated rings. The van der Waals surface area contributed by atoms with Crippen molar-refractivity contribution in [2.75, 3.05) is 5.32 Å². The number of benzene rings is 1. The number of anilines is 1. The Balaban J connectivity index is 1.94. The predicted octanol–water partition coefficient (Wildman–Crippen LogP) is 0.932. The van der Waals surface area contributed by atoms with Gasteiger partial charge in [-0.3, -0.25) is 14.4 Å². The second kappa shape index (κ2) is 7.18. The highest BCUT2D eigenvalue weighted by Crippen LogP contribution is 2.23. The number of thioether (sulfide) groups is 1. The fraction of sp³-hybridized carbons (Fsp3) is 0.231. The zero-order valence-corrected chi connectivity index (χ0v) is 12.7. The molecule has 1 atom stereocenters. The minimum Gasteiger partial charge on any atom is -0.324 e. The summed E-state index contributed by atoms with van der Waals surface area (Å²) >= 11 is 0.966. The number of carbonyl (C=O) groups excluding carboxylic acids is 3. The van der Waals surface area contributed by atoms with Crippen molar-refractivity contribution in [1.82, 2.24) is 10.7 Å². The fourth-order valence-electron chi connectivity index (χ4n) is 1.68. The van der Waals surface area contributed by atoms with Crippen LogP contribution in [-0.4, -0.2) is 28.1 Å². The van der Waals surface area contributed by atoms with Gasteiger partial charge in [-0.15, -0.1) is 5.10 Å². The average Bonchev–Trinajstić information content (AvgIpc) is 2.80. The Morgan fingerprint density at radius 3 is 2.78 bits per heavy atom. The van der Waals surface area contributed by atoms with Crippen molar-refractivity contribution in [1.29, 1.82) is 0 Å². The van der Waals surface area contributed by atoms with E-state index < -0.39 is 34.6 Å². The van der Waals surface area contributed by atoms with Gasteiger partial charge in [0, 0.05) is 19.4 Å². The standard InChI is InChI=1S/C13H12F2N4O3S/c1-6(20)18-19-13-17-12(22)10(23-13)5-11(21)16-9-3-2-7(14)4-8(9)15/h2-4,10H,5H2,1H3,(H,16,21)(H,18,20)(H,17,19,22)/t10-/m0/s1. The van der Waals surface area contributed by atoms with E-state index in [1.165, 1.54) is 6.92 Å². The summed E-state index contributed by atoms with van der Waals surface area (Å²) in [5.74, 6) is -3.13. The lowest BCUT2D eigenvalue weighted by Gasteiger charge is -2.08. The van der Waals surface area contributed by atoms with Crippen LogP contribution in [0.1, 0.15) is 13.3 Å². The topological polar surface area (TPSA) is 99.7 Å². The summed E-state index contributed by atoms with van der Waals surface area (Å²) in [6, 6.07) is 2.74. The van der Waals surface area contributed by atoms with Gasteiger partial charge in [-0.25, -0.2) is 14.2 Å². The second-order valence-corrected chi connectivity index (χ2v) is 5.75. The van der Waals surface area contributed by atoms with Crippen LogP contribution in [-0.2, 0) is 14.4 Å². The van der Waals surface area contributed by atoms with Crippen molar-refractivity contribution < 1.29 is 23.2 Å². The summed E-state index contributed by atoms with van der Waals surface area (Å²) < 4.78 is 26.2. The number of nitrogens with zero attached hydrogens (tertiary/aromatic N) is 1. The van der Waals surface area contributed by atoms with Gasteiger partial charge >= 0.3 is 0 Å². The smallest absolute Gasteiger partial charge is 0.240 e. The normalized spacial score (nSPS) is 18.7. The molecule has 1 aromatic rings. The third-order valence-electron chi connectivity index (χ3n) is 2.67. The molecule has 0 aliphatic carbocycles. The molecule has 1 aliphatic rings. The quantitative estimate of drug-likeness (QED) is 0.709. The Bertz CT molecular complexity index is 696. The molecule has 122 valence electrons. The van der Waals surface area contributed by atoms with E-state index in [1.807, 2.05) is 0 Å². The Hall–Kier alpha value is -2.49. The van der Waals surface area contributed by atoms with Gasteiger partial charge in [0.1, 0.15) is 16.9 Å². The van der Waals surface area contributed by atoms with Crippen molar-refractivity contribution >= 4 is 40.3 Å². The Morgan fingerprint density at radius 2 is 2.13 bits per heavy atom.